The number of hydrogen-bond donors (Lipinski definition) is 1. The number of aromatic nitrogens is 1. The Morgan fingerprint density at radius 1 is 1.33 bits per heavy atom. The minimum absolute atomic E-state index is 0.0408. The third kappa shape index (κ3) is 4.56. The second-order valence-electron chi connectivity index (χ2n) is 7.16. The van der Waals surface area contributed by atoms with Gasteiger partial charge < -0.3 is 14.6 Å². The molecule has 27 heavy (non-hydrogen) atoms. The summed E-state index contributed by atoms with van der Waals surface area (Å²) in [5.74, 6) is 1.27. The van der Waals surface area contributed by atoms with Crippen molar-refractivity contribution in [1.29, 1.82) is 0 Å². The first kappa shape index (κ1) is 19.1. The van der Waals surface area contributed by atoms with E-state index in [1.165, 1.54) is 0 Å². The molecule has 3 rings (SSSR count). The zero-order valence-electron chi connectivity index (χ0n) is 16.2. The smallest absolute Gasteiger partial charge is 0.229 e. The van der Waals surface area contributed by atoms with Crippen LogP contribution in [0.5, 0.6) is 0 Å². The molecule has 1 aromatic carbocycles. The Morgan fingerprint density at radius 3 is 2.85 bits per heavy atom. The van der Waals surface area contributed by atoms with Gasteiger partial charge in [0.2, 0.25) is 17.7 Å². The lowest BCUT2D eigenvalue weighted by Gasteiger charge is -2.32. The molecule has 0 spiro atoms. The van der Waals surface area contributed by atoms with Crippen LogP contribution in [-0.2, 0) is 9.59 Å². The van der Waals surface area contributed by atoms with Gasteiger partial charge in [0.25, 0.3) is 0 Å². The maximum atomic E-state index is 12.7. The minimum atomic E-state index is -0.172. The minimum Gasteiger partial charge on any atom is -0.441 e. The molecule has 0 radical (unpaired) electrons. The van der Waals surface area contributed by atoms with Gasteiger partial charge >= 0.3 is 0 Å². The van der Waals surface area contributed by atoms with Crippen molar-refractivity contribution in [3.63, 3.8) is 0 Å². The van der Waals surface area contributed by atoms with Gasteiger partial charge in [0.05, 0.1) is 11.6 Å². The average Bonchev–Trinajstić information content (AvgIpc) is 3.01. The van der Waals surface area contributed by atoms with Crippen LogP contribution in [0.25, 0.3) is 11.5 Å². The van der Waals surface area contributed by atoms with Crippen molar-refractivity contribution in [2.24, 2.45) is 5.92 Å². The number of carbonyl (C=O) groups is 2. The van der Waals surface area contributed by atoms with Gasteiger partial charge in [-0.15, -0.1) is 0 Å². The van der Waals surface area contributed by atoms with Gasteiger partial charge in [0.15, 0.2) is 0 Å². The predicted molar refractivity (Wildman–Crippen MR) is 104 cm³/mol. The van der Waals surface area contributed by atoms with E-state index in [0.29, 0.717) is 24.5 Å². The standard InChI is InChI=1S/C21H27N3O3/c1-4-7-19(25)24-11-6-9-17(13-24)20(26)23-18-10-5-8-16(12-18)21-22-14(2)15(3)27-21/h5,8,10,12,17H,4,6-7,9,11,13H2,1-3H3,(H,23,26). The van der Waals surface area contributed by atoms with Crippen molar-refractivity contribution in [1.82, 2.24) is 9.88 Å². The Bertz CT molecular complexity index is 808. The van der Waals surface area contributed by atoms with Crippen LogP contribution in [-0.4, -0.2) is 34.8 Å². The van der Waals surface area contributed by atoms with Crippen molar-refractivity contribution < 1.29 is 14.0 Å². The van der Waals surface area contributed by atoms with Crippen molar-refractivity contribution >= 4 is 17.5 Å². The molecule has 1 atom stereocenters. The van der Waals surface area contributed by atoms with Crippen LogP contribution in [0, 0.1) is 19.8 Å². The zero-order chi connectivity index (χ0) is 19.4. The first-order valence-corrected chi connectivity index (χ1v) is 9.61. The van der Waals surface area contributed by atoms with E-state index in [9.17, 15) is 9.59 Å². The molecule has 2 aromatic rings. The third-order valence-corrected chi connectivity index (χ3v) is 5.01. The molecular weight excluding hydrogens is 342 g/mol. The predicted octanol–water partition coefficient (Wildman–Crippen LogP) is 3.94. The Kier molecular flexibility index (Phi) is 5.94. The highest BCUT2D eigenvalue weighted by atomic mass is 16.4. The summed E-state index contributed by atoms with van der Waals surface area (Å²) >= 11 is 0. The molecule has 1 aliphatic rings. The van der Waals surface area contributed by atoms with Crippen LogP contribution in [0.3, 0.4) is 0 Å². The number of anilines is 1. The summed E-state index contributed by atoms with van der Waals surface area (Å²) in [5, 5.41) is 2.99. The first-order valence-electron chi connectivity index (χ1n) is 9.61. The molecule has 0 bridgehead atoms. The molecule has 1 aliphatic heterocycles. The fraction of sp³-hybridized carbons (Fsp3) is 0.476. The number of aryl methyl sites for hydroxylation is 2. The fourth-order valence-corrected chi connectivity index (χ4v) is 3.36. The van der Waals surface area contributed by atoms with E-state index in [-0.39, 0.29) is 17.7 Å². The highest BCUT2D eigenvalue weighted by Gasteiger charge is 2.28. The quantitative estimate of drug-likeness (QED) is 0.866. The molecule has 6 nitrogen and oxygen atoms in total. The SMILES string of the molecule is CCCC(=O)N1CCCC(C(=O)Nc2cccc(-c3nc(C)c(C)o3)c2)C1. The molecular formula is C21H27N3O3. The Hall–Kier alpha value is -2.63. The number of nitrogens with one attached hydrogen (secondary N) is 1. The van der Waals surface area contributed by atoms with Crippen molar-refractivity contribution in [3.8, 4) is 11.5 Å². The number of benzene rings is 1. The average molecular weight is 369 g/mol. The molecule has 144 valence electrons. The lowest BCUT2D eigenvalue weighted by atomic mass is 9.96. The van der Waals surface area contributed by atoms with Crippen LogP contribution >= 0.6 is 0 Å². The molecule has 0 aliphatic carbocycles. The van der Waals surface area contributed by atoms with E-state index in [1.54, 1.807) is 0 Å². The number of oxazole rings is 1. The molecule has 0 saturated carbocycles. The number of rotatable bonds is 5. The molecule has 6 heteroatoms. The number of piperidine rings is 1. The largest absolute Gasteiger partial charge is 0.441 e. The highest BCUT2D eigenvalue weighted by Crippen LogP contribution is 2.25. The number of nitrogens with zero attached hydrogens (tertiary/aromatic N) is 2. The van der Waals surface area contributed by atoms with E-state index in [2.05, 4.69) is 10.3 Å². The monoisotopic (exact) mass is 369 g/mol. The third-order valence-electron chi connectivity index (χ3n) is 5.01. The van der Waals surface area contributed by atoms with Gasteiger partial charge in [-0.05, 0) is 51.3 Å². The van der Waals surface area contributed by atoms with E-state index >= 15 is 0 Å². The van der Waals surface area contributed by atoms with Gasteiger partial charge in [-0.2, -0.15) is 0 Å². The van der Waals surface area contributed by atoms with Gasteiger partial charge in [-0.1, -0.05) is 13.0 Å². The maximum absolute atomic E-state index is 12.7. The van der Waals surface area contributed by atoms with Crippen molar-refractivity contribution in [2.75, 3.05) is 18.4 Å². The molecule has 1 saturated heterocycles. The second-order valence-corrected chi connectivity index (χ2v) is 7.16. The molecule has 1 aromatic heterocycles. The van der Waals surface area contributed by atoms with Gasteiger partial charge in [0.1, 0.15) is 5.76 Å². The Labute approximate surface area is 160 Å². The molecule has 2 heterocycles. The van der Waals surface area contributed by atoms with Crippen LogP contribution in [0.1, 0.15) is 44.1 Å². The fourth-order valence-electron chi connectivity index (χ4n) is 3.36. The van der Waals surface area contributed by atoms with E-state index in [4.69, 9.17) is 4.42 Å². The zero-order valence-corrected chi connectivity index (χ0v) is 16.2. The van der Waals surface area contributed by atoms with Crippen LogP contribution < -0.4 is 5.32 Å². The van der Waals surface area contributed by atoms with Gasteiger partial charge in [-0.3, -0.25) is 9.59 Å². The van der Waals surface area contributed by atoms with Crippen LogP contribution in [0.15, 0.2) is 28.7 Å². The Morgan fingerprint density at radius 2 is 2.15 bits per heavy atom. The topological polar surface area (TPSA) is 75.4 Å². The summed E-state index contributed by atoms with van der Waals surface area (Å²) in [7, 11) is 0. The van der Waals surface area contributed by atoms with E-state index in [1.807, 2.05) is 49.9 Å². The lowest BCUT2D eigenvalue weighted by molar-refractivity contribution is -0.134. The van der Waals surface area contributed by atoms with Crippen molar-refractivity contribution in [3.05, 3.63) is 35.7 Å². The lowest BCUT2D eigenvalue weighted by Crippen LogP contribution is -2.43. The van der Waals surface area contributed by atoms with E-state index < -0.39 is 0 Å². The van der Waals surface area contributed by atoms with Crippen molar-refractivity contribution in [2.45, 2.75) is 46.5 Å². The van der Waals surface area contributed by atoms with E-state index in [0.717, 1.165) is 42.8 Å². The molecule has 1 fully saturated rings. The summed E-state index contributed by atoms with van der Waals surface area (Å²) < 4.78 is 5.67. The second kappa shape index (κ2) is 8.37. The Balaban J connectivity index is 1.67. The number of amides is 2. The molecule has 1 unspecified atom stereocenters. The molecule has 1 N–H and O–H groups in total. The number of hydrogen-bond acceptors (Lipinski definition) is 4. The van der Waals surface area contributed by atoms with Gasteiger partial charge in [-0.25, -0.2) is 4.98 Å². The molecule has 2 amide bonds. The summed E-state index contributed by atoms with van der Waals surface area (Å²) in [5.41, 5.74) is 2.40. The van der Waals surface area contributed by atoms with Crippen LogP contribution in [0.2, 0.25) is 0 Å². The van der Waals surface area contributed by atoms with Gasteiger partial charge in [0, 0.05) is 30.8 Å². The summed E-state index contributed by atoms with van der Waals surface area (Å²) in [6.07, 6.45) is 3.05. The number of likely N-dealkylation sites (tertiary alicyclic amines) is 1. The number of carbonyl (C=O) groups excluding carboxylic acids is 2. The highest BCUT2D eigenvalue weighted by molar-refractivity contribution is 5.93. The summed E-state index contributed by atoms with van der Waals surface area (Å²) in [4.78, 5) is 31.1. The summed E-state index contributed by atoms with van der Waals surface area (Å²) in [6, 6.07) is 7.50. The normalized spacial score (nSPS) is 17.0. The van der Waals surface area contributed by atoms with Crippen LogP contribution in [0.4, 0.5) is 5.69 Å². The summed E-state index contributed by atoms with van der Waals surface area (Å²) in [6.45, 7) is 7.04. The maximum Gasteiger partial charge on any atom is 0.229 e. The first-order chi connectivity index (χ1) is 13.0.